The van der Waals surface area contributed by atoms with E-state index in [9.17, 15) is 22.8 Å². The Hall–Kier alpha value is -2.92. The first-order valence-corrected chi connectivity index (χ1v) is 14.3. The second-order valence-corrected chi connectivity index (χ2v) is 11.3. The summed E-state index contributed by atoms with van der Waals surface area (Å²) in [5, 5.41) is 2.69. The van der Waals surface area contributed by atoms with E-state index < -0.39 is 33.7 Å². The van der Waals surface area contributed by atoms with E-state index in [2.05, 4.69) is 17.9 Å². The molecule has 0 aliphatic heterocycles. The summed E-state index contributed by atoms with van der Waals surface area (Å²) in [6, 6.07) is 8.87. The Morgan fingerprint density at radius 2 is 1.78 bits per heavy atom. The summed E-state index contributed by atoms with van der Waals surface area (Å²) in [7, 11) is -4.16. The lowest BCUT2D eigenvalue weighted by Crippen LogP contribution is -2.49. The van der Waals surface area contributed by atoms with Crippen LogP contribution >= 0.6 is 12.6 Å². The summed E-state index contributed by atoms with van der Waals surface area (Å²) in [6.45, 7) is 1.08. The number of carbonyl (C=O) groups excluding carboxylic acids is 3. The number of nitrogens with one attached hydrogen (secondary N) is 2. The number of nitrogens with two attached hydrogens (primary N) is 1. The molecule has 1 saturated carbocycles. The molecule has 0 spiro atoms. The zero-order valence-electron chi connectivity index (χ0n) is 20.6. The first-order valence-electron chi connectivity index (χ1n) is 12.1. The highest BCUT2D eigenvalue weighted by Crippen LogP contribution is 2.31. The molecule has 200 valence electrons. The van der Waals surface area contributed by atoms with Crippen molar-refractivity contribution in [3.8, 4) is 11.1 Å². The van der Waals surface area contributed by atoms with Crippen LogP contribution < -0.4 is 15.8 Å². The zero-order chi connectivity index (χ0) is 27.2. The van der Waals surface area contributed by atoms with Crippen LogP contribution in [-0.4, -0.2) is 37.9 Å². The molecule has 0 bridgehead atoms. The normalized spacial score (nSPS) is 16.0. The lowest BCUT2D eigenvalue weighted by Gasteiger charge is -2.29. The highest BCUT2D eigenvalue weighted by Gasteiger charge is 2.31. The van der Waals surface area contributed by atoms with Gasteiger partial charge < -0.3 is 11.1 Å². The summed E-state index contributed by atoms with van der Waals surface area (Å²) in [4.78, 5) is 36.3. The van der Waals surface area contributed by atoms with Crippen molar-refractivity contribution >= 4 is 40.4 Å². The molecule has 0 radical (unpaired) electrons. The van der Waals surface area contributed by atoms with Gasteiger partial charge in [0.1, 0.15) is 11.9 Å². The number of sulfonamides is 1. The van der Waals surface area contributed by atoms with Crippen LogP contribution in [0.4, 0.5) is 4.39 Å². The van der Waals surface area contributed by atoms with Crippen molar-refractivity contribution in [2.24, 2.45) is 17.6 Å². The Morgan fingerprint density at radius 1 is 1.11 bits per heavy atom. The Labute approximate surface area is 222 Å². The molecule has 4 N–H and O–H groups in total. The molecule has 3 amide bonds. The largest absolute Gasteiger partial charge is 0.368 e. The van der Waals surface area contributed by atoms with Gasteiger partial charge in [0.25, 0.3) is 10.0 Å². The summed E-state index contributed by atoms with van der Waals surface area (Å²) in [5.74, 6) is -2.39. The monoisotopic (exact) mass is 549 g/mol. The highest BCUT2D eigenvalue weighted by molar-refractivity contribution is 7.90. The smallest absolute Gasteiger partial charge is 0.264 e. The molecule has 2 atom stereocenters. The van der Waals surface area contributed by atoms with Crippen molar-refractivity contribution in [3.05, 3.63) is 53.8 Å². The summed E-state index contributed by atoms with van der Waals surface area (Å²) in [5.41, 5.74) is 6.13. The van der Waals surface area contributed by atoms with Crippen LogP contribution in [0.25, 0.3) is 11.1 Å². The predicted molar refractivity (Wildman–Crippen MR) is 142 cm³/mol. The lowest BCUT2D eigenvalue weighted by atomic mass is 9.80. The molecule has 0 aromatic heterocycles. The second-order valence-electron chi connectivity index (χ2n) is 9.32. The van der Waals surface area contributed by atoms with Crippen molar-refractivity contribution in [2.75, 3.05) is 5.75 Å². The maximum absolute atomic E-state index is 15.2. The molecular weight excluding hydrogens is 517 g/mol. The van der Waals surface area contributed by atoms with Crippen LogP contribution in [0.1, 0.15) is 44.6 Å². The number of hydrogen-bond acceptors (Lipinski definition) is 6. The molecule has 3 rings (SSSR count). The minimum absolute atomic E-state index is 0.134. The maximum Gasteiger partial charge on any atom is 0.264 e. The van der Waals surface area contributed by atoms with Crippen molar-refractivity contribution in [1.29, 1.82) is 0 Å². The fraction of sp³-hybridized carbons (Fsp3) is 0.423. The quantitative estimate of drug-likeness (QED) is 0.338. The Bertz CT molecular complexity index is 1260. The summed E-state index contributed by atoms with van der Waals surface area (Å²) >= 11 is 4.34. The minimum atomic E-state index is -4.16. The van der Waals surface area contributed by atoms with Gasteiger partial charge in [0.2, 0.25) is 17.7 Å². The zero-order valence-corrected chi connectivity index (χ0v) is 22.3. The van der Waals surface area contributed by atoms with Crippen LogP contribution in [0.5, 0.6) is 0 Å². The number of rotatable bonds is 10. The topological polar surface area (TPSA) is 135 Å². The van der Waals surface area contributed by atoms with Crippen molar-refractivity contribution in [3.63, 3.8) is 0 Å². The number of carbonyl (C=O) groups is 3. The SMILES string of the molecule is CC(=O)NS(=O)(=O)c1ccccc1-c1ccc(CC(NC(=O)[C@@H](CS)C2CCCCC2)C(N)=O)c(F)c1. The van der Waals surface area contributed by atoms with Crippen LogP contribution in [-0.2, 0) is 30.8 Å². The molecule has 0 heterocycles. The van der Waals surface area contributed by atoms with E-state index in [0.717, 1.165) is 45.1 Å². The first kappa shape index (κ1) is 28.6. The Morgan fingerprint density at radius 3 is 2.38 bits per heavy atom. The molecule has 2 aromatic rings. The maximum atomic E-state index is 15.2. The summed E-state index contributed by atoms with van der Waals surface area (Å²) in [6.07, 6.45) is 4.93. The highest BCUT2D eigenvalue weighted by atomic mass is 32.2. The van der Waals surface area contributed by atoms with Gasteiger partial charge in [-0.3, -0.25) is 14.4 Å². The average molecular weight is 550 g/mol. The third-order valence-electron chi connectivity index (χ3n) is 6.66. The molecule has 1 aliphatic rings. The van der Waals surface area contributed by atoms with Crippen molar-refractivity contribution in [1.82, 2.24) is 10.0 Å². The van der Waals surface area contributed by atoms with E-state index in [1.165, 1.54) is 30.3 Å². The van der Waals surface area contributed by atoms with Gasteiger partial charge in [-0.2, -0.15) is 12.6 Å². The standard InChI is InChI=1S/C26H32FN3O5S2/c1-16(31)30-37(34,35)24-10-6-5-9-20(24)18-11-12-19(22(27)13-18)14-23(25(28)32)29-26(33)21(15-36)17-7-3-2-4-8-17/h5-6,9-13,17,21,23,36H,2-4,7-8,14-15H2,1H3,(H2,28,32)(H,29,33)(H,30,31)/t21-,23?/m0/s1. The fourth-order valence-corrected chi connectivity index (χ4v) is 6.45. The second kappa shape index (κ2) is 12.6. The molecule has 1 fully saturated rings. The van der Waals surface area contributed by atoms with Crippen LogP contribution in [0.2, 0.25) is 0 Å². The molecular formula is C26H32FN3O5S2. The molecule has 11 heteroatoms. The minimum Gasteiger partial charge on any atom is -0.368 e. The van der Waals surface area contributed by atoms with E-state index in [-0.39, 0.29) is 45.7 Å². The molecule has 8 nitrogen and oxygen atoms in total. The van der Waals surface area contributed by atoms with E-state index >= 15 is 4.39 Å². The van der Waals surface area contributed by atoms with E-state index in [1.807, 2.05) is 4.72 Å². The molecule has 1 unspecified atom stereocenters. The number of primary amides is 1. The number of hydrogen-bond donors (Lipinski definition) is 4. The summed E-state index contributed by atoms with van der Waals surface area (Å²) < 4.78 is 42.2. The van der Waals surface area contributed by atoms with Crippen molar-refractivity contribution in [2.45, 2.75) is 56.4 Å². The average Bonchev–Trinajstić information content (AvgIpc) is 2.85. The van der Waals surface area contributed by atoms with Gasteiger partial charge in [0, 0.05) is 30.6 Å². The first-order chi connectivity index (χ1) is 17.5. The van der Waals surface area contributed by atoms with Crippen LogP contribution in [0, 0.1) is 17.7 Å². The molecule has 1 aliphatic carbocycles. The third kappa shape index (κ3) is 7.32. The van der Waals surface area contributed by atoms with E-state index in [0.29, 0.717) is 5.75 Å². The number of benzene rings is 2. The predicted octanol–water partition coefficient (Wildman–Crippen LogP) is 2.96. The number of thiol groups is 1. The van der Waals surface area contributed by atoms with Gasteiger partial charge in [-0.1, -0.05) is 49.6 Å². The number of amides is 3. The van der Waals surface area contributed by atoms with Crippen LogP contribution in [0.3, 0.4) is 0 Å². The Balaban J connectivity index is 1.82. The Kier molecular flexibility index (Phi) is 9.72. The number of halogens is 1. The fourth-order valence-electron chi connectivity index (χ4n) is 4.77. The van der Waals surface area contributed by atoms with E-state index in [4.69, 9.17) is 5.73 Å². The van der Waals surface area contributed by atoms with Gasteiger partial charge in [-0.25, -0.2) is 17.5 Å². The van der Waals surface area contributed by atoms with Gasteiger partial charge in [-0.05, 0) is 42.0 Å². The molecule has 0 saturated heterocycles. The van der Waals surface area contributed by atoms with E-state index in [1.54, 1.807) is 6.07 Å². The lowest BCUT2D eigenvalue weighted by molar-refractivity contribution is -0.130. The van der Waals surface area contributed by atoms with Crippen LogP contribution in [0.15, 0.2) is 47.4 Å². The third-order valence-corrected chi connectivity index (χ3v) is 8.54. The van der Waals surface area contributed by atoms with Gasteiger partial charge in [0.15, 0.2) is 0 Å². The molecule has 37 heavy (non-hydrogen) atoms. The van der Waals surface area contributed by atoms with Gasteiger partial charge in [0.05, 0.1) is 4.90 Å². The van der Waals surface area contributed by atoms with Gasteiger partial charge in [-0.15, -0.1) is 0 Å². The molecule has 2 aromatic carbocycles. The van der Waals surface area contributed by atoms with Gasteiger partial charge >= 0.3 is 0 Å². The van der Waals surface area contributed by atoms with Crippen molar-refractivity contribution < 1.29 is 27.2 Å².